The summed E-state index contributed by atoms with van der Waals surface area (Å²) in [6.45, 7) is 27.7. The number of hydrogen-bond acceptors (Lipinski definition) is 26. The van der Waals surface area contributed by atoms with Crippen molar-refractivity contribution in [2.24, 2.45) is 0 Å². The second-order valence-corrected chi connectivity index (χ2v) is 36.8. The number of hydrogen-bond donors (Lipinski definition) is 8. The van der Waals surface area contributed by atoms with Gasteiger partial charge < -0.3 is 67.0 Å². The summed E-state index contributed by atoms with van der Waals surface area (Å²) in [6, 6.07) is 34.9. The number of halogens is 3. The Bertz CT molecular complexity index is 6190. The van der Waals surface area contributed by atoms with E-state index in [9.17, 15) is 0 Å². The summed E-state index contributed by atoms with van der Waals surface area (Å²) in [5.74, 6) is 3.16. The van der Waals surface area contributed by atoms with E-state index in [1.165, 1.54) is 49.9 Å². The van der Waals surface area contributed by atoms with Crippen LogP contribution >= 0.6 is 83.7 Å². The highest BCUT2D eigenvalue weighted by Gasteiger charge is 2.31. The van der Waals surface area contributed by atoms with E-state index in [0.717, 1.165) is 239 Å². The molecule has 0 saturated carbocycles. The molecule has 4 aromatic carbocycles. The van der Waals surface area contributed by atoms with Crippen molar-refractivity contribution in [3.8, 4) is 45.0 Å². The van der Waals surface area contributed by atoms with Gasteiger partial charge in [-0.25, -0.2) is 44.9 Å². The first-order chi connectivity index (χ1) is 62.0. The maximum Gasteiger partial charge on any atom is 0.227 e. The van der Waals surface area contributed by atoms with Crippen LogP contribution in [0.4, 0.5) is 86.5 Å². The maximum atomic E-state index is 6.23. The lowest BCUT2D eigenvalue weighted by Gasteiger charge is -2.45. The van der Waals surface area contributed by atoms with Gasteiger partial charge in [0.15, 0.2) is 0 Å². The van der Waals surface area contributed by atoms with Crippen molar-refractivity contribution in [3.05, 3.63) is 218 Å². The first kappa shape index (κ1) is 88.7. The van der Waals surface area contributed by atoms with Crippen LogP contribution in [0.15, 0.2) is 153 Å². The summed E-state index contributed by atoms with van der Waals surface area (Å²) < 4.78 is 0. The number of piperazine rings is 2. The molecule has 4 fully saturated rings. The molecule has 33 heteroatoms. The largest absolute Gasteiger partial charge is 0.368 e. The molecule has 8 aliphatic heterocycles. The lowest BCUT2D eigenvalue weighted by atomic mass is 10.0. The summed E-state index contributed by atoms with van der Waals surface area (Å²) in [4.78, 5) is 73.6. The van der Waals surface area contributed by atoms with E-state index in [2.05, 4.69) is 183 Å². The lowest BCUT2D eigenvalue weighted by Crippen LogP contribution is -2.56. The Morgan fingerprint density at radius 2 is 0.797 bits per heavy atom. The number of nitrogens with zero attached hydrogens (tertiary/aromatic N) is 18. The number of nitrogens with one attached hydrogen (secondary N) is 8. The van der Waals surface area contributed by atoms with Crippen LogP contribution < -0.4 is 57.2 Å². The number of likely N-dealkylation sites (N-methyl/N-ethyl adjacent to an activating group) is 2. The molecule has 8 N–H and O–H groups in total. The molecule has 656 valence electrons. The number of likely N-dealkylation sites (tertiary alicyclic amines) is 1. The zero-order chi connectivity index (χ0) is 88.8. The minimum absolute atomic E-state index is 0.489. The molecular weight excluding hydrogens is 1740 g/mol. The minimum Gasteiger partial charge on any atom is -0.368 e. The van der Waals surface area contributed by atoms with E-state index in [1.807, 2.05) is 137 Å². The van der Waals surface area contributed by atoms with E-state index < -0.39 is 0 Å². The van der Waals surface area contributed by atoms with Crippen LogP contribution in [0.25, 0.3) is 45.0 Å². The van der Waals surface area contributed by atoms with Crippen LogP contribution in [0.1, 0.15) is 96.9 Å². The Morgan fingerprint density at radius 1 is 0.398 bits per heavy atom. The van der Waals surface area contributed by atoms with Crippen molar-refractivity contribution in [2.75, 3.05) is 143 Å². The Morgan fingerprint density at radius 3 is 1.23 bits per heavy atom. The van der Waals surface area contributed by atoms with Crippen LogP contribution in [0.5, 0.6) is 0 Å². The average Bonchev–Trinajstić information content (AvgIpc) is 1.57. The number of aryl methyl sites for hydroxylation is 4. The molecule has 8 aliphatic rings. The molecule has 0 bridgehead atoms. The molecule has 128 heavy (non-hydrogen) atoms. The summed E-state index contributed by atoms with van der Waals surface area (Å²) >= 11 is 40.6. The van der Waals surface area contributed by atoms with E-state index in [1.54, 1.807) is 0 Å². The number of aromatic nitrogens is 12. The number of anilines is 15. The van der Waals surface area contributed by atoms with Gasteiger partial charge in [0.2, 0.25) is 23.8 Å². The molecule has 4 saturated heterocycles. The topological polar surface area (TPSA) is 270 Å². The summed E-state index contributed by atoms with van der Waals surface area (Å²) in [7, 11) is 2.16. The molecule has 2 atom stereocenters. The first-order valence-corrected chi connectivity index (χ1v) is 46.2. The molecule has 0 unspecified atom stereocenters. The molecule has 0 radical (unpaired) electrons. The van der Waals surface area contributed by atoms with E-state index in [0.29, 0.717) is 76.6 Å². The van der Waals surface area contributed by atoms with Crippen LogP contribution in [0.2, 0.25) is 15.1 Å². The van der Waals surface area contributed by atoms with Gasteiger partial charge in [-0.3, -0.25) is 19.9 Å². The van der Waals surface area contributed by atoms with E-state index >= 15 is 0 Å². The number of pyridine rings is 4. The van der Waals surface area contributed by atoms with Crippen molar-refractivity contribution < 1.29 is 0 Å². The van der Waals surface area contributed by atoms with Gasteiger partial charge in [0.25, 0.3) is 0 Å². The zero-order valence-corrected chi connectivity index (χ0v) is 78.3. The molecule has 12 aromatic rings. The Kier molecular flexibility index (Phi) is 27.6. The van der Waals surface area contributed by atoms with Gasteiger partial charge in [-0.1, -0.05) is 103 Å². The molecule has 16 heterocycles. The van der Waals surface area contributed by atoms with Crippen LogP contribution in [-0.4, -0.2) is 192 Å². The third-order valence-corrected chi connectivity index (χ3v) is 25.9. The summed E-state index contributed by atoms with van der Waals surface area (Å²) in [6.07, 6.45) is 23.6. The normalized spacial score (nSPS) is 16.9. The van der Waals surface area contributed by atoms with Crippen molar-refractivity contribution >= 4 is 190 Å². The average molecular weight is 1840 g/mol. The van der Waals surface area contributed by atoms with Crippen molar-refractivity contribution in [3.63, 3.8) is 0 Å². The van der Waals surface area contributed by atoms with Crippen molar-refractivity contribution in [1.82, 2.24) is 74.5 Å². The Balaban J connectivity index is 0.000000120. The third-order valence-electron chi connectivity index (χ3n) is 24.2. The fourth-order valence-electron chi connectivity index (χ4n) is 17.4. The third kappa shape index (κ3) is 21.2. The Hall–Kier alpha value is -11.3. The molecule has 0 spiro atoms. The smallest absolute Gasteiger partial charge is 0.227 e. The van der Waals surface area contributed by atoms with Gasteiger partial charge in [-0.15, -0.1) is 0 Å². The summed E-state index contributed by atoms with van der Waals surface area (Å²) in [5, 5.41) is 28.6. The van der Waals surface area contributed by atoms with E-state index in [-0.39, 0.29) is 0 Å². The highest BCUT2D eigenvalue weighted by molar-refractivity contribution is 7.81. The maximum absolute atomic E-state index is 6.23. The molecular formula is C95H101Cl3N26S4. The predicted molar refractivity (Wildman–Crippen MR) is 538 cm³/mol. The van der Waals surface area contributed by atoms with Crippen LogP contribution in [0, 0.1) is 27.7 Å². The number of rotatable bonds is 15. The lowest BCUT2D eigenvalue weighted by molar-refractivity contribution is 0.140. The van der Waals surface area contributed by atoms with Crippen molar-refractivity contribution in [1.29, 1.82) is 0 Å². The zero-order valence-electron chi connectivity index (χ0n) is 72.8. The van der Waals surface area contributed by atoms with Gasteiger partial charge >= 0.3 is 0 Å². The highest BCUT2D eigenvalue weighted by Crippen LogP contribution is 2.42. The SMILES string of the molecule is CCN1[C@H](C)CN(c2cnc(C)c(Nc3ncc4c(n3)-c3ccc(Cl)cc3NC(=S)C4)c2)C[C@@H]1C.Cc1ccc2c(c1)NC(=S)Cc1cnc(Nc3cc(N4CCN(C)CC4)cnc3C)nc1-2.Cc1ncc(CCN2CCCC2)cc1Nc1ncc2c(n1)-c1ccc(Cl)cc1NC(=S)C2.S=C1Cc2cnc(Nc3ccc(N4CCCC4)nc3)nc2-c2ccc(Cl)cc2N1. The van der Waals surface area contributed by atoms with Gasteiger partial charge in [0.1, 0.15) is 5.82 Å². The van der Waals surface area contributed by atoms with Gasteiger partial charge in [0, 0.05) is 210 Å². The Labute approximate surface area is 783 Å². The number of benzene rings is 4. The number of fused-ring (bicyclic) bond motifs is 12. The summed E-state index contributed by atoms with van der Waals surface area (Å²) in [5.41, 5.74) is 25.9. The first-order valence-electron chi connectivity index (χ1n) is 43.5. The molecule has 26 nitrogen and oxygen atoms in total. The second-order valence-electron chi connectivity index (χ2n) is 33.5. The van der Waals surface area contributed by atoms with Gasteiger partial charge in [-0.2, -0.15) is 0 Å². The van der Waals surface area contributed by atoms with Gasteiger partial charge in [0.05, 0.1) is 113 Å². The van der Waals surface area contributed by atoms with Crippen molar-refractivity contribution in [2.45, 2.75) is 118 Å². The highest BCUT2D eigenvalue weighted by atomic mass is 35.5. The van der Waals surface area contributed by atoms with Crippen LogP contribution in [-0.2, 0) is 32.1 Å². The fourth-order valence-corrected chi connectivity index (χ4v) is 18.9. The molecule has 8 aromatic heterocycles. The molecule has 20 rings (SSSR count). The van der Waals surface area contributed by atoms with Crippen LogP contribution in [0.3, 0.4) is 0 Å². The second kappa shape index (κ2) is 39.8. The minimum atomic E-state index is 0.489. The monoisotopic (exact) mass is 1840 g/mol. The fraction of sp³-hybridized carbons (Fsp3) is 0.326. The van der Waals surface area contributed by atoms with E-state index in [4.69, 9.17) is 104 Å². The number of thiocarbonyl (C=S) groups is 4. The van der Waals surface area contributed by atoms with Gasteiger partial charge in [-0.05, 0) is 202 Å². The molecule has 0 amide bonds. The standard InChI is InChI=1S/C26H30ClN7S.C24H25ClN6S.C24H27N7S.C21H19ClN6S/c1-5-34-15(2)13-33(14-16(34)3)20-10-22(17(4)28-12-20)31-26-29-11-18-8-24(35)30-23-9-19(27)6-7-21(23)25(18)32-26;1-15-20(10-16(13-26-15)6-9-31-7-2-3-8-31)29-24-27-14-17-11-22(32)28-21-12-18(25)4-5-19(21)23(17)30-24;1-15-4-5-19-21(10-15)27-22(32)11-17-13-26-24(29-23(17)19)28-20-12-18(14-25-16(20)2)31-8-6-30(3)7-9-31;22-14-3-5-16-17(10-14)26-19(29)9-13-11-24-21(27-20(13)16)25-15-4-6-18(23-12-15)28-7-1-2-8-28/h6-7,9-12,15-16H,5,8,13-14H2,1-4H3,(H,30,35)(H,29,31,32);4-5,10,12-14H,2-3,6-9,11H2,1H3,(H,28,32)(H,27,29,30);4-5,10,12-14H,6-9,11H2,1-3H3,(H,27,32)(H,26,28,29);3-6,10-12H,1-2,7-9H2,(H,26,29)(H,24,25,27)/t15-,16+;;;. The predicted octanol–water partition coefficient (Wildman–Crippen LogP) is 19.4. The quantitative estimate of drug-likeness (QED) is 0.0443. The molecule has 0 aliphatic carbocycles.